The first-order chi connectivity index (χ1) is 17.8. The number of rotatable bonds is 5. The number of benzene rings is 2. The molecule has 5 rings (SSSR count). The number of hydrogen-bond acceptors (Lipinski definition) is 4. The molecule has 0 saturated carbocycles. The third-order valence-corrected chi connectivity index (χ3v) is 7.65. The molecule has 2 saturated heterocycles. The van der Waals surface area contributed by atoms with Gasteiger partial charge in [-0.1, -0.05) is 48.0 Å². The summed E-state index contributed by atoms with van der Waals surface area (Å²) in [6, 6.07) is 19.1. The van der Waals surface area contributed by atoms with Gasteiger partial charge in [0, 0.05) is 63.6 Å². The average Bonchev–Trinajstić information content (AvgIpc) is 3.33. The van der Waals surface area contributed by atoms with Gasteiger partial charge >= 0.3 is 6.18 Å². The summed E-state index contributed by atoms with van der Waals surface area (Å²) < 4.78 is 40.4. The largest absolute Gasteiger partial charge is 0.416 e. The van der Waals surface area contributed by atoms with Gasteiger partial charge in [0.25, 0.3) is 5.91 Å². The number of piperazine rings is 1. The van der Waals surface area contributed by atoms with Crippen LogP contribution in [0.1, 0.15) is 27.4 Å². The van der Waals surface area contributed by atoms with E-state index in [0.29, 0.717) is 30.8 Å². The van der Waals surface area contributed by atoms with Gasteiger partial charge in [0.15, 0.2) is 0 Å². The van der Waals surface area contributed by atoms with Crippen molar-refractivity contribution in [2.24, 2.45) is 5.92 Å². The molecule has 194 valence electrons. The molecule has 2 atom stereocenters. The minimum atomic E-state index is -4.42. The Morgan fingerprint density at radius 3 is 2.41 bits per heavy atom. The zero-order chi connectivity index (χ0) is 26.0. The highest BCUT2D eigenvalue weighted by atomic mass is 35.5. The fourth-order valence-corrected chi connectivity index (χ4v) is 5.62. The molecular formula is C28H28ClF3N4O. The van der Waals surface area contributed by atoms with Crippen molar-refractivity contribution in [3.05, 3.63) is 94.8 Å². The van der Waals surface area contributed by atoms with Crippen molar-refractivity contribution >= 4 is 23.2 Å². The normalized spacial score (nSPS) is 20.9. The number of likely N-dealkylation sites (tertiary alicyclic amines) is 1. The summed E-state index contributed by atoms with van der Waals surface area (Å²) in [5, 5.41) is 0.128. The fraction of sp³-hybridized carbons (Fsp3) is 0.357. The molecule has 3 heterocycles. The first-order valence-corrected chi connectivity index (χ1v) is 12.8. The van der Waals surface area contributed by atoms with E-state index in [1.165, 1.54) is 24.0 Å². The first-order valence-electron chi connectivity index (χ1n) is 12.4. The third-order valence-electron chi connectivity index (χ3n) is 7.35. The molecule has 2 aromatic carbocycles. The van der Waals surface area contributed by atoms with Gasteiger partial charge in [-0.25, -0.2) is 4.98 Å². The van der Waals surface area contributed by atoms with E-state index in [0.717, 1.165) is 32.2 Å². The lowest BCUT2D eigenvalue weighted by Gasteiger charge is -2.38. The molecule has 1 amide bonds. The Hall–Kier alpha value is -3.10. The number of pyridine rings is 1. The number of amides is 1. The second-order valence-corrected chi connectivity index (χ2v) is 10.0. The monoisotopic (exact) mass is 528 g/mol. The second kappa shape index (κ2) is 10.7. The summed E-state index contributed by atoms with van der Waals surface area (Å²) in [6.45, 7) is 4.93. The summed E-state index contributed by atoms with van der Waals surface area (Å²) in [7, 11) is 0. The van der Waals surface area contributed by atoms with Crippen LogP contribution in [0.15, 0.2) is 72.9 Å². The van der Waals surface area contributed by atoms with Crippen molar-refractivity contribution in [3.8, 4) is 0 Å². The van der Waals surface area contributed by atoms with Crippen molar-refractivity contribution in [1.82, 2.24) is 14.8 Å². The van der Waals surface area contributed by atoms with Crippen molar-refractivity contribution in [1.29, 1.82) is 0 Å². The molecule has 0 spiro atoms. The zero-order valence-electron chi connectivity index (χ0n) is 20.2. The molecule has 37 heavy (non-hydrogen) atoms. The molecule has 0 unspecified atom stereocenters. The van der Waals surface area contributed by atoms with Gasteiger partial charge in [-0.3, -0.25) is 9.69 Å². The number of carbonyl (C=O) groups is 1. The predicted octanol–water partition coefficient (Wildman–Crippen LogP) is 5.43. The van der Waals surface area contributed by atoms with E-state index in [4.69, 9.17) is 11.6 Å². The van der Waals surface area contributed by atoms with Crippen molar-refractivity contribution in [2.75, 3.05) is 50.7 Å². The van der Waals surface area contributed by atoms with Crippen LogP contribution in [-0.2, 0) is 6.18 Å². The van der Waals surface area contributed by atoms with E-state index in [2.05, 4.69) is 26.9 Å². The summed E-state index contributed by atoms with van der Waals surface area (Å²) >= 11 is 6.18. The van der Waals surface area contributed by atoms with Gasteiger partial charge in [0.2, 0.25) is 0 Å². The number of para-hydroxylation sites is 1. The van der Waals surface area contributed by atoms with Crippen LogP contribution < -0.4 is 4.90 Å². The quantitative estimate of drug-likeness (QED) is 0.414. The fourth-order valence-electron chi connectivity index (χ4n) is 5.42. The van der Waals surface area contributed by atoms with Crippen LogP contribution >= 0.6 is 11.6 Å². The van der Waals surface area contributed by atoms with Crippen LogP contribution in [0.5, 0.6) is 0 Å². The minimum Gasteiger partial charge on any atom is -0.369 e. The molecule has 5 nitrogen and oxygen atoms in total. The topological polar surface area (TPSA) is 39.7 Å². The first kappa shape index (κ1) is 25.5. The SMILES string of the molecule is O=C(c1cccnc1Cl)N1C[C@@H](CN2CCN(c3ccccc3)CC2)[C@H](c2cccc(C(F)(F)F)c2)C1. The maximum atomic E-state index is 13.5. The lowest BCUT2D eigenvalue weighted by Crippen LogP contribution is -2.48. The molecule has 0 N–H and O–H groups in total. The highest BCUT2D eigenvalue weighted by Gasteiger charge is 2.39. The number of nitrogens with zero attached hydrogens (tertiary/aromatic N) is 4. The van der Waals surface area contributed by atoms with E-state index in [1.807, 2.05) is 18.2 Å². The number of halogens is 4. The van der Waals surface area contributed by atoms with E-state index in [1.54, 1.807) is 23.1 Å². The Morgan fingerprint density at radius 1 is 0.946 bits per heavy atom. The Morgan fingerprint density at radius 2 is 1.70 bits per heavy atom. The van der Waals surface area contributed by atoms with Crippen LogP contribution in [-0.4, -0.2) is 66.5 Å². The zero-order valence-corrected chi connectivity index (χ0v) is 21.0. The number of hydrogen-bond donors (Lipinski definition) is 0. The Kier molecular flexibility index (Phi) is 7.40. The van der Waals surface area contributed by atoms with Gasteiger partial charge in [0.05, 0.1) is 11.1 Å². The smallest absolute Gasteiger partial charge is 0.369 e. The number of alkyl halides is 3. The maximum Gasteiger partial charge on any atom is 0.416 e. The van der Waals surface area contributed by atoms with Gasteiger partial charge in [-0.2, -0.15) is 13.2 Å². The van der Waals surface area contributed by atoms with Crippen molar-refractivity contribution in [3.63, 3.8) is 0 Å². The van der Waals surface area contributed by atoms with Crippen LogP contribution in [0.25, 0.3) is 0 Å². The molecule has 1 aromatic heterocycles. The van der Waals surface area contributed by atoms with Gasteiger partial charge in [-0.05, 0) is 41.8 Å². The summed E-state index contributed by atoms with van der Waals surface area (Å²) in [5.41, 5.74) is 1.44. The molecule has 0 aliphatic carbocycles. The summed E-state index contributed by atoms with van der Waals surface area (Å²) in [5.74, 6) is -0.466. The molecule has 2 fully saturated rings. The number of anilines is 1. The van der Waals surface area contributed by atoms with E-state index in [9.17, 15) is 18.0 Å². The highest BCUT2D eigenvalue weighted by Crippen LogP contribution is 2.38. The molecule has 9 heteroatoms. The minimum absolute atomic E-state index is 0.00819. The molecule has 0 bridgehead atoms. The summed E-state index contributed by atoms with van der Waals surface area (Å²) in [6.07, 6.45) is -2.90. The third kappa shape index (κ3) is 5.75. The van der Waals surface area contributed by atoms with Gasteiger partial charge in [-0.15, -0.1) is 0 Å². The molecule has 2 aliphatic rings. The van der Waals surface area contributed by atoms with E-state index < -0.39 is 11.7 Å². The highest BCUT2D eigenvalue weighted by molar-refractivity contribution is 6.32. The van der Waals surface area contributed by atoms with Gasteiger partial charge < -0.3 is 9.80 Å². The number of aromatic nitrogens is 1. The predicted molar refractivity (Wildman–Crippen MR) is 138 cm³/mol. The van der Waals surface area contributed by atoms with Crippen molar-refractivity contribution in [2.45, 2.75) is 12.1 Å². The van der Waals surface area contributed by atoms with Crippen LogP contribution in [0.3, 0.4) is 0 Å². The molecule has 2 aliphatic heterocycles. The van der Waals surface area contributed by atoms with E-state index >= 15 is 0 Å². The van der Waals surface area contributed by atoms with Gasteiger partial charge in [0.1, 0.15) is 5.15 Å². The Balaban J connectivity index is 1.35. The van der Waals surface area contributed by atoms with Crippen LogP contribution in [0.2, 0.25) is 5.15 Å². The Bertz CT molecular complexity index is 1230. The lowest BCUT2D eigenvalue weighted by atomic mass is 9.87. The van der Waals surface area contributed by atoms with Crippen LogP contribution in [0, 0.1) is 5.92 Å². The molecule has 3 aromatic rings. The summed E-state index contributed by atoms with van der Waals surface area (Å²) in [4.78, 5) is 23.7. The standard InChI is InChI=1S/C28H28ClF3N4O/c29-26-24(10-5-11-33-26)27(37)36-18-21(25(19-36)20-6-4-7-22(16-20)28(30,31)32)17-34-12-14-35(15-13-34)23-8-2-1-3-9-23/h1-11,16,21,25H,12-15,17-19H2/t21-,25+/m1/s1. The second-order valence-electron chi connectivity index (χ2n) is 9.66. The number of carbonyl (C=O) groups excluding carboxylic acids is 1. The van der Waals surface area contributed by atoms with E-state index in [-0.39, 0.29) is 22.9 Å². The molecule has 0 radical (unpaired) electrons. The van der Waals surface area contributed by atoms with Crippen molar-refractivity contribution < 1.29 is 18.0 Å². The lowest BCUT2D eigenvalue weighted by molar-refractivity contribution is -0.137. The average molecular weight is 529 g/mol. The maximum absolute atomic E-state index is 13.5. The van der Waals surface area contributed by atoms with Crippen LogP contribution in [0.4, 0.5) is 18.9 Å². The Labute approximate surface area is 219 Å². The molecular weight excluding hydrogens is 501 g/mol.